The molecule has 0 atom stereocenters. The molecule has 5 rings (SSSR count). The standard InChI is InChI=1S/C24H24N4.3ClH.H2O/c1-27-14-16-28(17-15-27)19-12-10-18(11-13-19)25-24-20-6-2-4-8-22(20)26-23-9-5-3-7-21(23)24;;;;/h2-13H,14-17H2,1H3,(H,25,26);3*1H;1H2. The molecule has 2 heterocycles. The molecule has 5 nitrogen and oxygen atoms in total. The summed E-state index contributed by atoms with van der Waals surface area (Å²) in [6.07, 6.45) is 0. The molecule has 0 amide bonds. The van der Waals surface area contributed by atoms with Gasteiger partial charge in [0.05, 0.1) is 16.7 Å². The van der Waals surface area contributed by atoms with Crippen LogP contribution >= 0.6 is 37.2 Å². The summed E-state index contributed by atoms with van der Waals surface area (Å²) in [6.45, 7) is 4.41. The SMILES string of the molecule is CN1CCN(c2ccc(Nc3c4ccccc4nc4ccccc34)cc2)CC1.Cl.Cl.Cl.O. The minimum Gasteiger partial charge on any atom is -0.412 e. The minimum absolute atomic E-state index is 0. The molecule has 0 unspecified atom stereocenters. The summed E-state index contributed by atoms with van der Waals surface area (Å²) in [4.78, 5) is 9.65. The lowest BCUT2D eigenvalue weighted by Crippen LogP contribution is -2.44. The number of halogens is 3. The van der Waals surface area contributed by atoms with Crippen molar-refractivity contribution in [2.75, 3.05) is 43.4 Å². The molecule has 0 spiro atoms. The average molecular weight is 496 g/mol. The molecular weight excluding hydrogens is 467 g/mol. The Morgan fingerprint density at radius 3 is 1.72 bits per heavy atom. The second kappa shape index (κ2) is 12.1. The Labute approximate surface area is 207 Å². The van der Waals surface area contributed by atoms with Crippen molar-refractivity contribution in [1.82, 2.24) is 9.88 Å². The summed E-state index contributed by atoms with van der Waals surface area (Å²) in [5, 5.41) is 5.95. The number of anilines is 3. The van der Waals surface area contributed by atoms with Gasteiger partial charge >= 0.3 is 0 Å². The second-order valence-electron chi connectivity index (χ2n) is 7.48. The Morgan fingerprint density at radius 1 is 0.688 bits per heavy atom. The van der Waals surface area contributed by atoms with Gasteiger partial charge in [-0.05, 0) is 43.4 Å². The van der Waals surface area contributed by atoms with Crippen LogP contribution in [0.15, 0.2) is 72.8 Å². The quantitative estimate of drug-likeness (QED) is 0.391. The fourth-order valence-corrected chi connectivity index (χ4v) is 3.94. The van der Waals surface area contributed by atoms with Gasteiger partial charge in [-0.15, -0.1) is 37.2 Å². The van der Waals surface area contributed by atoms with Crippen molar-refractivity contribution in [3.63, 3.8) is 0 Å². The van der Waals surface area contributed by atoms with E-state index in [2.05, 4.69) is 82.8 Å². The van der Waals surface area contributed by atoms with E-state index >= 15 is 0 Å². The monoisotopic (exact) mass is 494 g/mol. The molecule has 1 fully saturated rings. The van der Waals surface area contributed by atoms with Crippen molar-refractivity contribution < 1.29 is 5.48 Å². The number of fused-ring (bicyclic) bond motifs is 2. The van der Waals surface area contributed by atoms with E-state index in [-0.39, 0.29) is 42.7 Å². The van der Waals surface area contributed by atoms with Crippen LogP contribution in [0.4, 0.5) is 17.1 Å². The Kier molecular flexibility index (Phi) is 10.5. The number of nitrogens with zero attached hydrogens (tertiary/aromatic N) is 3. The van der Waals surface area contributed by atoms with Crippen molar-refractivity contribution in [2.45, 2.75) is 0 Å². The predicted octanol–water partition coefficient (Wildman–Crippen LogP) is 5.32. The maximum absolute atomic E-state index is 4.81. The summed E-state index contributed by atoms with van der Waals surface area (Å²) in [6, 6.07) is 25.4. The number of piperazine rings is 1. The largest absolute Gasteiger partial charge is 0.412 e. The third-order valence-corrected chi connectivity index (χ3v) is 5.59. The number of rotatable bonds is 3. The lowest BCUT2D eigenvalue weighted by Gasteiger charge is -2.34. The van der Waals surface area contributed by atoms with Crippen LogP contribution in [0.2, 0.25) is 0 Å². The fraction of sp³-hybridized carbons (Fsp3) is 0.208. The summed E-state index contributed by atoms with van der Waals surface area (Å²) >= 11 is 0. The van der Waals surface area contributed by atoms with Crippen molar-refractivity contribution >= 4 is 76.1 Å². The second-order valence-corrected chi connectivity index (χ2v) is 7.48. The number of nitrogens with one attached hydrogen (secondary N) is 1. The topological polar surface area (TPSA) is 62.9 Å². The van der Waals surface area contributed by atoms with E-state index in [9.17, 15) is 0 Å². The number of benzene rings is 3. The van der Waals surface area contributed by atoms with Gasteiger partial charge in [-0.25, -0.2) is 4.98 Å². The first-order chi connectivity index (χ1) is 13.8. The maximum Gasteiger partial charge on any atom is 0.0730 e. The molecule has 0 radical (unpaired) electrons. The first-order valence-corrected chi connectivity index (χ1v) is 9.86. The average Bonchev–Trinajstić information content (AvgIpc) is 2.75. The van der Waals surface area contributed by atoms with Crippen LogP contribution in [0.1, 0.15) is 0 Å². The smallest absolute Gasteiger partial charge is 0.0730 e. The first-order valence-electron chi connectivity index (χ1n) is 9.86. The van der Waals surface area contributed by atoms with Gasteiger partial charge in [-0.2, -0.15) is 0 Å². The Hall–Kier alpha value is -2.28. The summed E-state index contributed by atoms with van der Waals surface area (Å²) in [7, 11) is 2.19. The van der Waals surface area contributed by atoms with Gasteiger partial charge in [-0.3, -0.25) is 0 Å². The van der Waals surface area contributed by atoms with Crippen LogP contribution in [0, 0.1) is 0 Å². The van der Waals surface area contributed by atoms with E-state index in [1.165, 1.54) is 5.69 Å². The minimum atomic E-state index is 0. The van der Waals surface area contributed by atoms with E-state index in [0.717, 1.165) is 59.4 Å². The lowest BCUT2D eigenvalue weighted by molar-refractivity contribution is 0.313. The van der Waals surface area contributed by atoms with E-state index < -0.39 is 0 Å². The van der Waals surface area contributed by atoms with Crippen molar-refractivity contribution in [2.24, 2.45) is 0 Å². The van der Waals surface area contributed by atoms with Crippen LogP contribution in [-0.2, 0) is 0 Å². The van der Waals surface area contributed by atoms with Crippen LogP contribution in [0.25, 0.3) is 21.8 Å². The highest BCUT2D eigenvalue weighted by Gasteiger charge is 2.14. The zero-order valence-corrected chi connectivity index (χ0v) is 20.3. The highest BCUT2D eigenvalue weighted by Crippen LogP contribution is 2.33. The third kappa shape index (κ3) is 5.55. The molecule has 0 aliphatic carbocycles. The normalized spacial score (nSPS) is 13.3. The zero-order chi connectivity index (χ0) is 18.9. The Balaban J connectivity index is 0.00000128. The van der Waals surface area contributed by atoms with Crippen LogP contribution in [0.5, 0.6) is 0 Å². The van der Waals surface area contributed by atoms with Crippen LogP contribution in [0.3, 0.4) is 0 Å². The predicted molar refractivity (Wildman–Crippen MR) is 144 cm³/mol. The van der Waals surface area contributed by atoms with Crippen molar-refractivity contribution in [1.29, 1.82) is 0 Å². The number of likely N-dealkylation sites (N-methyl/N-ethyl adjacent to an activating group) is 1. The van der Waals surface area contributed by atoms with Gasteiger partial charge in [0.15, 0.2) is 0 Å². The Bertz CT molecular complexity index is 1080. The molecular formula is C24H29Cl3N4O. The molecule has 172 valence electrons. The number of aromatic nitrogens is 1. The van der Waals surface area contributed by atoms with Gasteiger partial charge in [0, 0.05) is 48.3 Å². The van der Waals surface area contributed by atoms with E-state index in [0.29, 0.717) is 0 Å². The zero-order valence-electron chi connectivity index (χ0n) is 17.8. The number of pyridine rings is 1. The lowest BCUT2D eigenvalue weighted by atomic mass is 10.1. The third-order valence-electron chi connectivity index (χ3n) is 5.59. The summed E-state index contributed by atoms with van der Waals surface area (Å²) in [5.74, 6) is 0. The fourth-order valence-electron chi connectivity index (χ4n) is 3.94. The van der Waals surface area contributed by atoms with Crippen LogP contribution < -0.4 is 10.2 Å². The molecule has 0 saturated carbocycles. The Morgan fingerprint density at radius 2 is 1.19 bits per heavy atom. The molecule has 1 aliphatic heterocycles. The molecule has 1 aliphatic rings. The molecule has 32 heavy (non-hydrogen) atoms. The van der Waals surface area contributed by atoms with Gasteiger partial charge in [-0.1, -0.05) is 36.4 Å². The summed E-state index contributed by atoms with van der Waals surface area (Å²) < 4.78 is 0. The number of para-hydroxylation sites is 2. The van der Waals surface area contributed by atoms with E-state index in [4.69, 9.17) is 4.98 Å². The molecule has 0 bridgehead atoms. The van der Waals surface area contributed by atoms with Gasteiger partial charge in [0.25, 0.3) is 0 Å². The molecule has 1 saturated heterocycles. The molecule has 8 heteroatoms. The molecule has 1 aromatic heterocycles. The van der Waals surface area contributed by atoms with Crippen molar-refractivity contribution in [3.05, 3.63) is 72.8 Å². The highest BCUT2D eigenvalue weighted by molar-refractivity contribution is 6.08. The van der Waals surface area contributed by atoms with E-state index in [1.54, 1.807) is 0 Å². The van der Waals surface area contributed by atoms with Crippen molar-refractivity contribution in [3.8, 4) is 0 Å². The van der Waals surface area contributed by atoms with Gasteiger partial charge in [0.1, 0.15) is 0 Å². The van der Waals surface area contributed by atoms with Crippen LogP contribution in [-0.4, -0.2) is 48.6 Å². The maximum atomic E-state index is 4.81. The summed E-state index contributed by atoms with van der Waals surface area (Å²) in [5.41, 5.74) is 5.53. The molecule has 3 aromatic carbocycles. The van der Waals surface area contributed by atoms with E-state index in [1.807, 2.05) is 12.1 Å². The first kappa shape index (κ1) is 27.8. The molecule has 4 aromatic rings. The highest BCUT2D eigenvalue weighted by atomic mass is 35.5. The number of hydrogen-bond acceptors (Lipinski definition) is 4. The van der Waals surface area contributed by atoms with Gasteiger partial charge in [0.2, 0.25) is 0 Å². The van der Waals surface area contributed by atoms with Gasteiger partial charge < -0.3 is 20.6 Å². The molecule has 3 N–H and O–H groups in total. The number of hydrogen-bond donors (Lipinski definition) is 1.